The molecule has 3 N–H and O–H groups in total. The second-order valence-corrected chi connectivity index (χ2v) is 3.29. The van der Waals surface area contributed by atoms with Crippen LogP contribution in [0.1, 0.15) is 6.42 Å². The van der Waals surface area contributed by atoms with Crippen LogP contribution in [0.3, 0.4) is 0 Å². The molecule has 0 bridgehead atoms. The summed E-state index contributed by atoms with van der Waals surface area (Å²) in [4.78, 5) is 1.97. The van der Waals surface area contributed by atoms with Gasteiger partial charge >= 0.3 is 0 Å². The summed E-state index contributed by atoms with van der Waals surface area (Å²) >= 11 is 0. The number of oxime groups is 1. The average Bonchev–Trinajstić information content (AvgIpc) is 2.23. The normalized spacial score (nSPS) is 12.3. The van der Waals surface area contributed by atoms with E-state index >= 15 is 0 Å². The molecule has 0 aliphatic heterocycles. The minimum absolute atomic E-state index is 0.220. The fourth-order valence-corrected chi connectivity index (χ4v) is 1.07. The van der Waals surface area contributed by atoms with Gasteiger partial charge in [-0.2, -0.15) is 0 Å². The van der Waals surface area contributed by atoms with Crippen molar-refractivity contribution in [2.24, 2.45) is 10.9 Å². The van der Waals surface area contributed by atoms with E-state index in [1.54, 1.807) is 7.11 Å². The van der Waals surface area contributed by atoms with E-state index in [0.717, 1.165) is 13.0 Å². The highest BCUT2D eigenvalue weighted by Crippen LogP contribution is 1.89. The fourth-order valence-electron chi connectivity index (χ4n) is 1.07. The Morgan fingerprint density at radius 2 is 2.13 bits per heavy atom. The third kappa shape index (κ3) is 9.45. The van der Waals surface area contributed by atoms with Gasteiger partial charge in [-0.1, -0.05) is 5.16 Å². The third-order valence-corrected chi connectivity index (χ3v) is 1.82. The lowest BCUT2D eigenvalue weighted by Crippen LogP contribution is -2.32. The Labute approximate surface area is 90.6 Å². The minimum atomic E-state index is 0.220. The Morgan fingerprint density at radius 1 is 1.40 bits per heavy atom. The van der Waals surface area contributed by atoms with Crippen molar-refractivity contribution in [2.75, 3.05) is 47.1 Å². The summed E-state index contributed by atoms with van der Waals surface area (Å²) in [6.45, 7) is 3.27. The van der Waals surface area contributed by atoms with Gasteiger partial charge in [-0.25, -0.2) is 0 Å². The number of hydrogen-bond acceptors (Lipinski definition) is 5. The summed E-state index contributed by atoms with van der Waals surface area (Å²) in [7, 11) is 3.56. The quantitative estimate of drug-likeness (QED) is 0.183. The number of nitrogens with zero attached hydrogens (tertiary/aromatic N) is 2. The first-order valence-electron chi connectivity index (χ1n) is 4.92. The van der Waals surface area contributed by atoms with E-state index < -0.39 is 0 Å². The lowest BCUT2D eigenvalue weighted by molar-refractivity contribution is 0.0667. The Kier molecular flexibility index (Phi) is 9.15. The largest absolute Gasteiger partial charge is 0.409 e. The molecule has 0 rings (SSSR count). The first kappa shape index (κ1) is 14.2. The Bertz CT molecular complexity index is 176. The molecule has 90 valence electrons. The van der Waals surface area contributed by atoms with Crippen molar-refractivity contribution >= 4 is 5.84 Å². The number of nitrogens with two attached hydrogens (primary N) is 1. The van der Waals surface area contributed by atoms with Gasteiger partial charge in [0.2, 0.25) is 0 Å². The maximum Gasteiger partial charge on any atom is 0.153 e. The van der Waals surface area contributed by atoms with Crippen molar-refractivity contribution < 1.29 is 14.7 Å². The Morgan fingerprint density at radius 3 is 2.73 bits per heavy atom. The van der Waals surface area contributed by atoms with Crippen molar-refractivity contribution in [1.29, 1.82) is 0 Å². The zero-order valence-corrected chi connectivity index (χ0v) is 9.48. The van der Waals surface area contributed by atoms with Crippen LogP contribution in [0.25, 0.3) is 0 Å². The van der Waals surface area contributed by atoms with Gasteiger partial charge in [-0.05, 0) is 13.5 Å². The molecule has 0 aliphatic carbocycles. The van der Waals surface area contributed by atoms with E-state index in [9.17, 15) is 0 Å². The molecule has 0 atom stereocenters. The molecule has 0 aromatic carbocycles. The third-order valence-electron chi connectivity index (χ3n) is 1.82. The number of rotatable bonds is 9. The van der Waals surface area contributed by atoms with Crippen LogP contribution in [-0.4, -0.2) is 63.0 Å². The van der Waals surface area contributed by atoms with Crippen molar-refractivity contribution in [3.05, 3.63) is 0 Å². The molecule has 15 heavy (non-hydrogen) atoms. The molecule has 0 fully saturated rings. The first-order valence-corrected chi connectivity index (χ1v) is 4.92. The highest BCUT2D eigenvalue weighted by Gasteiger charge is 2.00. The molecule has 0 heterocycles. The van der Waals surface area contributed by atoms with E-state index in [1.165, 1.54) is 0 Å². The van der Waals surface area contributed by atoms with Crippen LogP contribution >= 0.6 is 0 Å². The Balaban J connectivity index is 3.27. The second-order valence-electron chi connectivity index (χ2n) is 3.29. The van der Waals surface area contributed by atoms with E-state index in [0.29, 0.717) is 26.4 Å². The van der Waals surface area contributed by atoms with E-state index in [4.69, 9.17) is 20.4 Å². The maximum atomic E-state index is 8.35. The zero-order valence-electron chi connectivity index (χ0n) is 9.48. The van der Waals surface area contributed by atoms with E-state index in [2.05, 4.69) is 5.16 Å². The van der Waals surface area contributed by atoms with Gasteiger partial charge in [0, 0.05) is 20.3 Å². The van der Waals surface area contributed by atoms with Gasteiger partial charge < -0.3 is 20.4 Å². The minimum Gasteiger partial charge on any atom is -0.409 e. The molecular formula is C9H21N3O3. The summed E-state index contributed by atoms with van der Waals surface area (Å²) in [5, 5.41) is 11.3. The number of likely N-dealkylation sites (N-methyl/N-ethyl adjacent to an activating group) is 1. The van der Waals surface area contributed by atoms with Gasteiger partial charge in [0.05, 0.1) is 19.8 Å². The summed E-state index contributed by atoms with van der Waals surface area (Å²) in [5.74, 6) is 0.220. The number of methoxy groups -OCH3 is 1. The van der Waals surface area contributed by atoms with Crippen LogP contribution in [0.2, 0.25) is 0 Å². The average molecular weight is 219 g/mol. The van der Waals surface area contributed by atoms with Gasteiger partial charge in [0.15, 0.2) is 5.84 Å². The van der Waals surface area contributed by atoms with Gasteiger partial charge in [0.25, 0.3) is 0 Å². The molecule has 0 aromatic rings. The van der Waals surface area contributed by atoms with Crippen molar-refractivity contribution in [3.8, 4) is 0 Å². The van der Waals surface area contributed by atoms with Crippen molar-refractivity contribution in [2.45, 2.75) is 6.42 Å². The number of amidine groups is 1. The lowest BCUT2D eigenvalue weighted by Gasteiger charge is -2.15. The summed E-state index contributed by atoms with van der Waals surface area (Å²) in [5.41, 5.74) is 5.35. The highest BCUT2D eigenvalue weighted by molar-refractivity contribution is 5.81. The van der Waals surface area contributed by atoms with Crippen LogP contribution in [0, 0.1) is 0 Å². The van der Waals surface area contributed by atoms with Gasteiger partial charge in [0.1, 0.15) is 0 Å². The van der Waals surface area contributed by atoms with Gasteiger partial charge in [-0.15, -0.1) is 0 Å². The molecule has 0 saturated heterocycles. The van der Waals surface area contributed by atoms with Crippen LogP contribution in [-0.2, 0) is 9.47 Å². The number of ether oxygens (including phenoxy) is 2. The molecule has 0 radical (unpaired) electrons. The van der Waals surface area contributed by atoms with Crippen molar-refractivity contribution in [1.82, 2.24) is 4.90 Å². The monoisotopic (exact) mass is 219 g/mol. The molecule has 0 saturated carbocycles. The molecule has 6 heteroatoms. The first-order chi connectivity index (χ1) is 7.20. The fraction of sp³-hybridized carbons (Fsp3) is 0.889. The summed E-state index contributed by atoms with van der Waals surface area (Å²) in [6.07, 6.45) is 0.916. The molecule has 0 unspecified atom stereocenters. The summed E-state index contributed by atoms with van der Waals surface area (Å²) in [6, 6.07) is 0. The predicted octanol–water partition coefficient (Wildman–Crippen LogP) is -0.282. The zero-order chi connectivity index (χ0) is 11.5. The topological polar surface area (TPSA) is 80.3 Å². The Hall–Kier alpha value is -0.850. The summed E-state index contributed by atoms with van der Waals surface area (Å²) < 4.78 is 10.1. The van der Waals surface area contributed by atoms with Crippen molar-refractivity contribution in [3.63, 3.8) is 0 Å². The van der Waals surface area contributed by atoms with Crippen LogP contribution in [0.15, 0.2) is 5.16 Å². The standard InChI is InChI=1S/C9H21N3O3/c1-12(8-9(10)11-13)4-3-5-15-7-6-14-2/h13H,3-8H2,1-2H3,(H2,10,11). The van der Waals surface area contributed by atoms with Crippen LogP contribution < -0.4 is 5.73 Å². The smallest absolute Gasteiger partial charge is 0.153 e. The van der Waals surface area contributed by atoms with E-state index in [-0.39, 0.29) is 5.84 Å². The SMILES string of the molecule is COCCOCCCN(C)CC(N)=NO. The molecular weight excluding hydrogens is 198 g/mol. The molecule has 0 spiro atoms. The van der Waals surface area contributed by atoms with Crippen LogP contribution in [0.4, 0.5) is 0 Å². The number of hydrogen-bond donors (Lipinski definition) is 2. The van der Waals surface area contributed by atoms with E-state index in [1.807, 2.05) is 11.9 Å². The second kappa shape index (κ2) is 9.70. The maximum absolute atomic E-state index is 8.35. The lowest BCUT2D eigenvalue weighted by atomic mass is 10.4. The molecule has 0 aromatic heterocycles. The van der Waals surface area contributed by atoms with Gasteiger partial charge in [-0.3, -0.25) is 4.90 Å². The molecule has 6 nitrogen and oxygen atoms in total. The highest BCUT2D eigenvalue weighted by atomic mass is 16.5. The predicted molar refractivity (Wildman–Crippen MR) is 58.2 cm³/mol. The van der Waals surface area contributed by atoms with Crippen LogP contribution in [0.5, 0.6) is 0 Å². The molecule has 0 amide bonds. The molecule has 0 aliphatic rings.